The fraction of sp³-hybridized carbons (Fsp3) is 0.600. The summed E-state index contributed by atoms with van der Waals surface area (Å²) >= 11 is 0. The third kappa shape index (κ3) is 3.52. The van der Waals surface area contributed by atoms with Crippen LogP contribution in [0.5, 0.6) is 0 Å². The topological polar surface area (TPSA) is 66.4 Å². The highest BCUT2D eigenvalue weighted by atomic mass is 16.4. The number of rotatable bonds is 4. The van der Waals surface area contributed by atoms with Gasteiger partial charge in [-0.3, -0.25) is 9.59 Å². The smallest absolute Gasteiger partial charge is 0.309 e. The Balaban J connectivity index is 3.37. The molecular weight excluding hydrogens is 122 g/mol. The summed E-state index contributed by atoms with van der Waals surface area (Å²) < 4.78 is 0. The van der Waals surface area contributed by atoms with Crippen LogP contribution in [-0.2, 0) is 9.59 Å². The fourth-order valence-electron chi connectivity index (χ4n) is 0.282. The standard InChI is InChI=1S/C5H8NO3/c1-4(5(8)9)2-6-3-7/h4H,2H2,1H3,(H,6,7)(H,8,9). The zero-order chi connectivity index (χ0) is 7.28. The number of nitrogens with one attached hydrogen (secondary N) is 1. The number of carboxylic acid groups (broad SMARTS) is 1. The molecule has 0 rings (SSSR count). The first-order chi connectivity index (χ1) is 4.18. The summed E-state index contributed by atoms with van der Waals surface area (Å²) in [6.45, 7) is 1.64. The minimum atomic E-state index is -0.919. The Kier molecular flexibility index (Phi) is 3.43. The van der Waals surface area contributed by atoms with Crippen LogP contribution >= 0.6 is 0 Å². The minimum Gasteiger partial charge on any atom is -0.481 e. The van der Waals surface area contributed by atoms with Crippen LogP contribution in [0.3, 0.4) is 0 Å². The van der Waals surface area contributed by atoms with E-state index >= 15 is 0 Å². The van der Waals surface area contributed by atoms with Gasteiger partial charge in [0.25, 0.3) is 0 Å². The Morgan fingerprint density at radius 3 is 2.78 bits per heavy atom. The highest BCUT2D eigenvalue weighted by molar-refractivity contribution is 5.70. The van der Waals surface area contributed by atoms with Gasteiger partial charge in [-0.15, -0.1) is 0 Å². The SMILES string of the molecule is CC(CN[C]=O)C(=O)O. The monoisotopic (exact) mass is 130 g/mol. The average Bonchev–Trinajstić information content (AvgIpc) is 1.82. The molecule has 0 heterocycles. The Hall–Kier alpha value is -1.06. The van der Waals surface area contributed by atoms with E-state index in [1.54, 1.807) is 0 Å². The van der Waals surface area contributed by atoms with Crippen molar-refractivity contribution in [3.05, 3.63) is 0 Å². The van der Waals surface area contributed by atoms with E-state index in [0.717, 1.165) is 0 Å². The van der Waals surface area contributed by atoms with Gasteiger partial charge in [0.05, 0.1) is 5.92 Å². The van der Waals surface area contributed by atoms with Gasteiger partial charge < -0.3 is 10.4 Å². The normalized spacial score (nSPS) is 12.1. The van der Waals surface area contributed by atoms with Gasteiger partial charge in [-0.25, -0.2) is 0 Å². The van der Waals surface area contributed by atoms with Crippen molar-refractivity contribution in [2.24, 2.45) is 5.92 Å². The lowest BCUT2D eigenvalue weighted by Crippen LogP contribution is -2.24. The summed E-state index contributed by atoms with van der Waals surface area (Å²) in [6, 6.07) is 0. The van der Waals surface area contributed by atoms with Crippen molar-refractivity contribution in [2.75, 3.05) is 6.54 Å². The van der Waals surface area contributed by atoms with Crippen molar-refractivity contribution in [3.63, 3.8) is 0 Å². The number of carbonyl (C=O) groups excluding carboxylic acids is 1. The summed E-state index contributed by atoms with van der Waals surface area (Å²) in [5, 5.41) is 10.4. The quantitative estimate of drug-likeness (QED) is 0.497. The van der Waals surface area contributed by atoms with E-state index < -0.39 is 11.9 Å². The van der Waals surface area contributed by atoms with Gasteiger partial charge in [-0.05, 0) is 0 Å². The van der Waals surface area contributed by atoms with E-state index in [-0.39, 0.29) is 6.54 Å². The van der Waals surface area contributed by atoms with Crippen molar-refractivity contribution in [1.82, 2.24) is 5.32 Å². The molecule has 0 saturated carbocycles. The van der Waals surface area contributed by atoms with Gasteiger partial charge in [0.15, 0.2) is 0 Å². The van der Waals surface area contributed by atoms with Crippen molar-refractivity contribution in [2.45, 2.75) is 6.92 Å². The van der Waals surface area contributed by atoms with Gasteiger partial charge in [-0.1, -0.05) is 6.92 Å². The molecule has 9 heavy (non-hydrogen) atoms. The second kappa shape index (κ2) is 3.88. The van der Waals surface area contributed by atoms with Crippen molar-refractivity contribution < 1.29 is 14.7 Å². The van der Waals surface area contributed by atoms with Crippen LogP contribution in [0.2, 0.25) is 0 Å². The van der Waals surface area contributed by atoms with E-state index in [0.29, 0.717) is 0 Å². The lowest BCUT2D eigenvalue weighted by atomic mass is 10.2. The predicted octanol–water partition coefficient (Wildman–Crippen LogP) is -0.636. The molecule has 1 unspecified atom stereocenters. The molecule has 51 valence electrons. The zero-order valence-electron chi connectivity index (χ0n) is 5.05. The van der Waals surface area contributed by atoms with Crippen LogP contribution in [0.15, 0.2) is 0 Å². The molecule has 0 saturated heterocycles. The predicted molar refractivity (Wildman–Crippen MR) is 30.5 cm³/mol. The van der Waals surface area contributed by atoms with Crippen LogP contribution < -0.4 is 5.32 Å². The summed E-state index contributed by atoms with van der Waals surface area (Å²) in [5.41, 5.74) is 0. The number of aliphatic carboxylic acids is 1. The molecule has 1 radical (unpaired) electrons. The number of hydrogen-bond acceptors (Lipinski definition) is 2. The summed E-state index contributed by atoms with van der Waals surface area (Å²) in [6.07, 6.45) is 1.39. The largest absolute Gasteiger partial charge is 0.481 e. The van der Waals surface area contributed by atoms with Gasteiger partial charge >= 0.3 is 12.4 Å². The van der Waals surface area contributed by atoms with Crippen molar-refractivity contribution >= 4 is 12.4 Å². The Morgan fingerprint density at radius 1 is 1.89 bits per heavy atom. The number of carboxylic acids is 1. The second-order valence-corrected chi connectivity index (χ2v) is 1.72. The van der Waals surface area contributed by atoms with Crippen LogP contribution in [0.4, 0.5) is 0 Å². The first kappa shape index (κ1) is 7.94. The lowest BCUT2D eigenvalue weighted by molar-refractivity contribution is -0.140. The van der Waals surface area contributed by atoms with Crippen LogP contribution in [0, 0.1) is 5.92 Å². The zero-order valence-corrected chi connectivity index (χ0v) is 5.05. The molecule has 4 nitrogen and oxygen atoms in total. The van der Waals surface area contributed by atoms with Crippen LogP contribution in [0.25, 0.3) is 0 Å². The van der Waals surface area contributed by atoms with Crippen molar-refractivity contribution in [3.8, 4) is 0 Å². The van der Waals surface area contributed by atoms with E-state index in [9.17, 15) is 9.59 Å². The molecule has 0 spiro atoms. The molecule has 0 fully saturated rings. The first-order valence-electron chi connectivity index (χ1n) is 2.51. The second-order valence-electron chi connectivity index (χ2n) is 1.72. The molecule has 0 aliphatic heterocycles. The third-order valence-corrected chi connectivity index (χ3v) is 0.902. The fourth-order valence-corrected chi connectivity index (χ4v) is 0.282. The molecule has 0 bridgehead atoms. The number of carbonyl (C=O) groups is 1. The maximum atomic E-state index is 10.0. The first-order valence-corrected chi connectivity index (χ1v) is 2.51. The molecule has 0 aromatic rings. The summed E-state index contributed by atoms with van der Waals surface area (Å²) in [4.78, 5) is 19.5. The third-order valence-electron chi connectivity index (χ3n) is 0.902. The van der Waals surface area contributed by atoms with Gasteiger partial charge in [-0.2, -0.15) is 0 Å². The molecule has 4 heteroatoms. The lowest BCUT2D eigenvalue weighted by Gasteiger charge is -2.01. The Morgan fingerprint density at radius 2 is 2.44 bits per heavy atom. The molecule has 0 aromatic carbocycles. The average molecular weight is 130 g/mol. The Bertz CT molecular complexity index is 113. The molecule has 0 aliphatic rings. The maximum Gasteiger partial charge on any atom is 0.309 e. The van der Waals surface area contributed by atoms with E-state index in [2.05, 4.69) is 5.32 Å². The molecule has 2 N–H and O–H groups in total. The number of amides is 1. The van der Waals surface area contributed by atoms with Gasteiger partial charge in [0, 0.05) is 6.54 Å². The van der Waals surface area contributed by atoms with E-state index in [4.69, 9.17) is 5.11 Å². The minimum absolute atomic E-state index is 0.138. The van der Waals surface area contributed by atoms with Crippen LogP contribution in [-0.4, -0.2) is 24.0 Å². The summed E-state index contributed by atoms with van der Waals surface area (Å²) in [7, 11) is 0. The van der Waals surface area contributed by atoms with Crippen LogP contribution in [0.1, 0.15) is 6.92 Å². The molecule has 1 amide bonds. The Labute approximate surface area is 52.9 Å². The highest BCUT2D eigenvalue weighted by Gasteiger charge is 2.08. The summed E-state index contributed by atoms with van der Waals surface area (Å²) in [5.74, 6) is -1.45. The maximum absolute atomic E-state index is 10.0. The van der Waals surface area contributed by atoms with Crippen molar-refractivity contribution in [1.29, 1.82) is 0 Å². The number of hydrogen-bond donors (Lipinski definition) is 2. The van der Waals surface area contributed by atoms with Gasteiger partial charge in [0.1, 0.15) is 0 Å². The van der Waals surface area contributed by atoms with E-state index in [1.807, 2.05) is 0 Å². The highest BCUT2D eigenvalue weighted by Crippen LogP contribution is 1.89. The molecule has 0 aromatic heterocycles. The van der Waals surface area contributed by atoms with Gasteiger partial charge in [0.2, 0.25) is 0 Å². The molecule has 1 atom stereocenters. The molecular formula is C5H8NO3. The molecule has 0 aliphatic carbocycles. The van der Waals surface area contributed by atoms with E-state index in [1.165, 1.54) is 13.3 Å².